The molecule has 0 bridgehead atoms. The van der Waals surface area contributed by atoms with E-state index in [0.29, 0.717) is 25.6 Å². The second-order valence-corrected chi connectivity index (χ2v) is 9.35. The highest BCUT2D eigenvalue weighted by Gasteiger charge is 2.32. The van der Waals surface area contributed by atoms with E-state index in [1.165, 1.54) is 12.1 Å². The quantitative estimate of drug-likeness (QED) is 0.463. The first kappa shape index (κ1) is 25.8. The monoisotopic (exact) mass is 526 g/mol. The number of aromatic nitrogens is 1. The molecule has 0 saturated carbocycles. The van der Waals surface area contributed by atoms with Gasteiger partial charge in [0, 0.05) is 50.5 Å². The van der Waals surface area contributed by atoms with Gasteiger partial charge < -0.3 is 14.4 Å². The molecule has 1 aromatic heterocycles. The molecule has 2 aromatic carbocycles. The van der Waals surface area contributed by atoms with Crippen LogP contribution >= 0.6 is 0 Å². The molecular formula is C28H29F3N4O3. The van der Waals surface area contributed by atoms with Crippen LogP contribution in [0.25, 0.3) is 0 Å². The molecule has 2 aliphatic heterocycles. The highest BCUT2D eigenvalue weighted by atomic mass is 19.4. The maximum Gasteiger partial charge on any atom is 0.416 e. The zero-order valence-corrected chi connectivity index (χ0v) is 21.0. The zero-order chi connectivity index (χ0) is 26.7. The lowest BCUT2D eigenvalue weighted by Crippen LogP contribution is -2.53. The molecule has 3 aromatic rings. The number of halogens is 3. The number of anilines is 2. The number of rotatable bonds is 6. The molecule has 38 heavy (non-hydrogen) atoms. The Hall–Kier alpha value is -3.79. The first-order valence-electron chi connectivity index (χ1n) is 12.6. The number of amides is 1. The highest BCUT2D eigenvalue weighted by molar-refractivity contribution is 6.05. The van der Waals surface area contributed by atoms with Crippen LogP contribution in [-0.2, 0) is 6.18 Å². The maximum absolute atomic E-state index is 13.5. The number of benzene rings is 2. The molecular weight excluding hydrogens is 497 g/mol. The fraction of sp³-hybridized carbons (Fsp3) is 0.357. The van der Waals surface area contributed by atoms with Crippen molar-refractivity contribution in [1.29, 1.82) is 0 Å². The Labute approximate surface area is 219 Å². The molecule has 0 aliphatic carbocycles. The molecule has 1 atom stereocenters. The van der Waals surface area contributed by atoms with Crippen LogP contribution in [0.4, 0.5) is 24.7 Å². The number of alkyl halides is 3. The number of para-hydroxylation sites is 1. The lowest BCUT2D eigenvalue weighted by molar-refractivity contribution is -0.137. The summed E-state index contributed by atoms with van der Waals surface area (Å²) in [5.74, 6) is 1.60. The van der Waals surface area contributed by atoms with Crippen LogP contribution < -0.4 is 19.3 Å². The molecule has 0 spiro atoms. The van der Waals surface area contributed by atoms with Crippen molar-refractivity contribution in [3.63, 3.8) is 0 Å². The third-order valence-corrected chi connectivity index (χ3v) is 6.90. The van der Waals surface area contributed by atoms with Crippen LogP contribution in [0.15, 0.2) is 66.9 Å². The summed E-state index contributed by atoms with van der Waals surface area (Å²) in [5, 5.41) is 0. The van der Waals surface area contributed by atoms with E-state index in [1.54, 1.807) is 29.3 Å². The van der Waals surface area contributed by atoms with E-state index in [4.69, 9.17) is 9.47 Å². The van der Waals surface area contributed by atoms with Gasteiger partial charge in [-0.05, 0) is 55.5 Å². The molecule has 3 heterocycles. The van der Waals surface area contributed by atoms with Gasteiger partial charge >= 0.3 is 6.18 Å². The van der Waals surface area contributed by atoms with E-state index in [9.17, 15) is 18.0 Å². The van der Waals surface area contributed by atoms with E-state index < -0.39 is 17.6 Å². The second-order valence-electron chi connectivity index (χ2n) is 9.35. The largest absolute Gasteiger partial charge is 0.486 e. The van der Waals surface area contributed by atoms with Gasteiger partial charge in [-0.2, -0.15) is 13.2 Å². The lowest BCUT2D eigenvalue weighted by Gasteiger charge is -2.41. The number of hydrogen-bond donors (Lipinski definition) is 0. The van der Waals surface area contributed by atoms with Crippen LogP contribution in [0.3, 0.4) is 0 Å². The predicted molar refractivity (Wildman–Crippen MR) is 138 cm³/mol. The number of fused-ring (bicyclic) bond motifs is 1. The van der Waals surface area contributed by atoms with E-state index in [1.807, 2.05) is 25.1 Å². The first-order valence-corrected chi connectivity index (χ1v) is 12.6. The van der Waals surface area contributed by atoms with Crippen LogP contribution in [0.2, 0.25) is 0 Å². The Bertz CT molecular complexity index is 1250. The lowest BCUT2D eigenvalue weighted by atomic mass is 10.1. The Morgan fingerprint density at radius 3 is 2.39 bits per heavy atom. The number of carbonyl (C=O) groups excluding carboxylic acids is 1. The van der Waals surface area contributed by atoms with Gasteiger partial charge in [0.1, 0.15) is 19.0 Å². The summed E-state index contributed by atoms with van der Waals surface area (Å²) >= 11 is 0. The van der Waals surface area contributed by atoms with Gasteiger partial charge in [0.15, 0.2) is 11.5 Å². The van der Waals surface area contributed by atoms with Gasteiger partial charge in [0.05, 0.1) is 11.3 Å². The summed E-state index contributed by atoms with van der Waals surface area (Å²) in [7, 11) is 0. The van der Waals surface area contributed by atoms with Crippen LogP contribution in [0, 0.1) is 0 Å². The van der Waals surface area contributed by atoms with Crippen molar-refractivity contribution in [3.8, 4) is 11.5 Å². The van der Waals surface area contributed by atoms with Crippen LogP contribution in [0.1, 0.15) is 22.8 Å². The van der Waals surface area contributed by atoms with Crippen molar-refractivity contribution in [2.24, 2.45) is 0 Å². The minimum Gasteiger partial charge on any atom is -0.486 e. The topological polar surface area (TPSA) is 58.1 Å². The first-order chi connectivity index (χ1) is 18.3. The Morgan fingerprint density at radius 1 is 0.974 bits per heavy atom. The summed E-state index contributed by atoms with van der Waals surface area (Å²) < 4.78 is 50.6. The van der Waals surface area contributed by atoms with Crippen molar-refractivity contribution in [1.82, 2.24) is 9.88 Å². The number of ether oxygens (including phenoxy) is 2. The van der Waals surface area contributed by atoms with Gasteiger partial charge in [0.2, 0.25) is 0 Å². The van der Waals surface area contributed by atoms with Crippen molar-refractivity contribution in [2.45, 2.75) is 19.1 Å². The van der Waals surface area contributed by atoms with Crippen LogP contribution in [-0.4, -0.2) is 67.8 Å². The molecule has 5 rings (SSSR count). The number of pyridine rings is 1. The molecule has 10 heteroatoms. The van der Waals surface area contributed by atoms with E-state index >= 15 is 0 Å². The van der Waals surface area contributed by atoms with Gasteiger partial charge in [-0.3, -0.25) is 14.6 Å². The average Bonchev–Trinajstić information content (AvgIpc) is 2.95. The van der Waals surface area contributed by atoms with Crippen molar-refractivity contribution in [3.05, 3.63) is 78.0 Å². The number of hydrogen-bond acceptors (Lipinski definition) is 6. The summed E-state index contributed by atoms with van der Waals surface area (Å²) in [6.45, 7) is 6.56. The molecule has 2 aliphatic rings. The van der Waals surface area contributed by atoms with E-state index in [0.717, 1.165) is 55.5 Å². The molecule has 200 valence electrons. The van der Waals surface area contributed by atoms with Gasteiger partial charge in [-0.15, -0.1) is 0 Å². The third-order valence-electron chi connectivity index (χ3n) is 6.90. The molecule has 7 nitrogen and oxygen atoms in total. The fourth-order valence-corrected chi connectivity index (χ4v) is 4.84. The Morgan fingerprint density at radius 2 is 1.71 bits per heavy atom. The second kappa shape index (κ2) is 10.9. The number of nitrogens with zero attached hydrogens (tertiary/aromatic N) is 4. The van der Waals surface area contributed by atoms with Crippen molar-refractivity contribution >= 4 is 17.4 Å². The highest BCUT2D eigenvalue weighted by Crippen LogP contribution is 2.40. The minimum atomic E-state index is -4.46. The van der Waals surface area contributed by atoms with Crippen LogP contribution in [0.5, 0.6) is 11.5 Å². The number of carbonyl (C=O) groups is 1. The standard InChI is InChI=1S/C28H29F3N4O3/c1-20(33-13-15-34(16-14-33)23-5-4-6-24-26(23)38-18-17-37-24)19-35(25-7-2-3-12-32-25)27(36)21-8-10-22(11-9-21)28(29,30)31/h2-12,20H,13-19H2,1H3/t20-/m0/s1. The minimum absolute atomic E-state index is 0.0122. The summed E-state index contributed by atoms with van der Waals surface area (Å²) in [6.07, 6.45) is -2.87. The van der Waals surface area contributed by atoms with E-state index in [-0.39, 0.29) is 11.6 Å². The molecule has 0 N–H and O–H groups in total. The fourth-order valence-electron chi connectivity index (χ4n) is 4.84. The average molecular weight is 527 g/mol. The maximum atomic E-state index is 13.5. The summed E-state index contributed by atoms with van der Waals surface area (Å²) in [6, 6.07) is 15.5. The zero-order valence-electron chi connectivity index (χ0n) is 21.0. The summed E-state index contributed by atoms with van der Waals surface area (Å²) in [4.78, 5) is 23.9. The third kappa shape index (κ3) is 5.55. The smallest absolute Gasteiger partial charge is 0.416 e. The molecule has 1 saturated heterocycles. The number of piperazine rings is 1. The van der Waals surface area contributed by atoms with Crippen molar-refractivity contribution in [2.75, 3.05) is 55.7 Å². The Balaban J connectivity index is 1.28. The molecule has 1 fully saturated rings. The summed E-state index contributed by atoms with van der Waals surface area (Å²) in [5.41, 5.74) is 0.403. The molecule has 0 radical (unpaired) electrons. The van der Waals surface area contributed by atoms with Gasteiger partial charge in [-0.1, -0.05) is 12.1 Å². The Kier molecular flexibility index (Phi) is 7.42. The van der Waals surface area contributed by atoms with E-state index in [2.05, 4.69) is 14.8 Å². The SMILES string of the molecule is C[C@@H](CN(C(=O)c1ccc(C(F)(F)F)cc1)c1ccccn1)N1CCN(c2cccc3c2OCCO3)CC1. The van der Waals surface area contributed by atoms with Gasteiger partial charge in [-0.25, -0.2) is 4.98 Å². The van der Waals surface area contributed by atoms with Gasteiger partial charge in [0.25, 0.3) is 5.91 Å². The predicted octanol–water partition coefficient (Wildman–Crippen LogP) is 4.73. The molecule has 1 amide bonds. The molecule has 0 unspecified atom stereocenters. The van der Waals surface area contributed by atoms with Crippen molar-refractivity contribution < 1.29 is 27.4 Å². The normalized spacial score (nSPS) is 16.7.